The highest BCUT2D eigenvalue weighted by molar-refractivity contribution is 7.89. The van der Waals surface area contributed by atoms with E-state index in [2.05, 4.69) is 15.2 Å². The van der Waals surface area contributed by atoms with Crippen molar-refractivity contribution in [3.8, 4) is 0 Å². The lowest BCUT2D eigenvalue weighted by atomic mass is 10.2. The maximum Gasteiger partial charge on any atom is 0.282 e. The first-order chi connectivity index (χ1) is 11.0. The summed E-state index contributed by atoms with van der Waals surface area (Å²) in [5.41, 5.74) is 9.39. The third-order valence-electron chi connectivity index (χ3n) is 3.24. The standard InChI is InChI=1S/C15H14N4O3S/c16-11-6-7-13-10(8-11)9-14(17-13)15(20)18-19-23(21,22)12-4-2-1-3-5-12/h1-9,17,19H,16H2,(H,18,20). The molecule has 0 unspecified atom stereocenters. The van der Waals surface area contributed by atoms with Crippen LogP contribution in [0.5, 0.6) is 0 Å². The molecular weight excluding hydrogens is 316 g/mol. The quantitative estimate of drug-likeness (QED) is 0.427. The normalized spacial score (nSPS) is 11.5. The van der Waals surface area contributed by atoms with Gasteiger partial charge in [-0.2, -0.15) is 0 Å². The summed E-state index contributed by atoms with van der Waals surface area (Å²) in [4.78, 5) is 17.1. The second-order valence-corrected chi connectivity index (χ2v) is 6.58. The third kappa shape index (κ3) is 3.17. The molecule has 0 aliphatic carbocycles. The Labute approximate surface area is 132 Å². The SMILES string of the molecule is Nc1ccc2[nH]c(C(=O)NNS(=O)(=O)c3ccccc3)cc2c1. The van der Waals surface area contributed by atoms with Gasteiger partial charge in [0.25, 0.3) is 15.9 Å². The molecular formula is C15H14N4O3S. The van der Waals surface area contributed by atoms with Gasteiger partial charge in [-0.05, 0) is 36.4 Å². The van der Waals surface area contributed by atoms with Gasteiger partial charge in [-0.15, -0.1) is 4.83 Å². The lowest BCUT2D eigenvalue weighted by Crippen LogP contribution is -2.41. The Bertz CT molecular complexity index is 965. The highest BCUT2D eigenvalue weighted by Crippen LogP contribution is 2.18. The number of sulfonamides is 1. The summed E-state index contributed by atoms with van der Waals surface area (Å²) in [7, 11) is -3.82. The van der Waals surface area contributed by atoms with Crippen molar-refractivity contribution in [2.24, 2.45) is 0 Å². The molecule has 8 heteroatoms. The molecule has 0 aliphatic heterocycles. The zero-order valence-electron chi connectivity index (χ0n) is 11.9. The first-order valence-corrected chi connectivity index (χ1v) is 8.19. The Balaban J connectivity index is 1.76. The van der Waals surface area contributed by atoms with E-state index in [1.807, 2.05) is 0 Å². The number of aromatic nitrogens is 1. The third-order valence-corrected chi connectivity index (χ3v) is 4.51. The maximum absolute atomic E-state index is 12.1. The number of nitrogens with one attached hydrogen (secondary N) is 3. The van der Waals surface area contributed by atoms with Crippen LogP contribution in [-0.4, -0.2) is 19.3 Å². The van der Waals surface area contributed by atoms with E-state index in [1.165, 1.54) is 12.1 Å². The first kappa shape index (κ1) is 15.1. The van der Waals surface area contributed by atoms with Gasteiger partial charge in [-0.3, -0.25) is 10.2 Å². The second kappa shape index (κ2) is 5.75. The molecule has 0 radical (unpaired) electrons. The molecule has 23 heavy (non-hydrogen) atoms. The maximum atomic E-state index is 12.1. The number of anilines is 1. The first-order valence-electron chi connectivity index (χ1n) is 6.71. The number of benzene rings is 2. The van der Waals surface area contributed by atoms with Crippen LogP contribution in [0.15, 0.2) is 59.5 Å². The van der Waals surface area contributed by atoms with E-state index in [1.54, 1.807) is 42.5 Å². The molecule has 0 fully saturated rings. The zero-order chi connectivity index (χ0) is 16.4. The summed E-state index contributed by atoms with van der Waals surface area (Å²) in [6.45, 7) is 0. The number of carbonyl (C=O) groups excluding carboxylic acids is 1. The van der Waals surface area contributed by atoms with Crippen LogP contribution in [0.2, 0.25) is 0 Å². The van der Waals surface area contributed by atoms with Crippen LogP contribution < -0.4 is 16.0 Å². The molecule has 0 bridgehead atoms. The van der Waals surface area contributed by atoms with Gasteiger partial charge in [-0.25, -0.2) is 8.42 Å². The average molecular weight is 330 g/mol. The number of amides is 1. The molecule has 2 aromatic carbocycles. The highest BCUT2D eigenvalue weighted by atomic mass is 32.2. The minimum absolute atomic E-state index is 0.0599. The van der Waals surface area contributed by atoms with Crippen molar-refractivity contribution in [2.45, 2.75) is 4.90 Å². The molecule has 0 saturated carbocycles. The number of hydrazine groups is 1. The Morgan fingerprint density at radius 2 is 1.78 bits per heavy atom. The van der Waals surface area contributed by atoms with Crippen molar-refractivity contribution in [3.05, 3.63) is 60.3 Å². The fourth-order valence-electron chi connectivity index (χ4n) is 2.11. The van der Waals surface area contributed by atoms with Crippen LogP contribution >= 0.6 is 0 Å². The molecule has 1 aromatic heterocycles. The number of rotatable bonds is 4. The van der Waals surface area contributed by atoms with Gasteiger partial charge >= 0.3 is 0 Å². The molecule has 0 saturated heterocycles. The molecule has 3 rings (SSSR count). The van der Waals surface area contributed by atoms with Crippen molar-refractivity contribution in [3.63, 3.8) is 0 Å². The molecule has 0 atom stereocenters. The molecule has 0 spiro atoms. The Hall–Kier alpha value is -2.84. The Morgan fingerprint density at radius 1 is 1.04 bits per heavy atom. The summed E-state index contributed by atoms with van der Waals surface area (Å²) in [5.74, 6) is -0.598. The summed E-state index contributed by atoms with van der Waals surface area (Å²) in [5, 5.41) is 0.765. The van der Waals surface area contributed by atoms with Gasteiger partial charge in [0.05, 0.1) is 4.90 Å². The van der Waals surface area contributed by atoms with Gasteiger partial charge in [0, 0.05) is 16.6 Å². The number of carbonyl (C=O) groups is 1. The highest BCUT2D eigenvalue weighted by Gasteiger charge is 2.16. The van der Waals surface area contributed by atoms with E-state index in [9.17, 15) is 13.2 Å². The lowest BCUT2D eigenvalue weighted by Gasteiger charge is -2.07. The van der Waals surface area contributed by atoms with Crippen molar-refractivity contribution < 1.29 is 13.2 Å². The molecule has 0 aliphatic rings. The summed E-state index contributed by atoms with van der Waals surface area (Å²) in [6, 6.07) is 14.5. The number of hydrogen-bond donors (Lipinski definition) is 4. The summed E-state index contributed by atoms with van der Waals surface area (Å²) < 4.78 is 24.1. The lowest BCUT2D eigenvalue weighted by molar-refractivity contribution is 0.0941. The van der Waals surface area contributed by atoms with Crippen molar-refractivity contribution in [1.82, 2.24) is 15.2 Å². The molecule has 1 heterocycles. The number of aromatic amines is 1. The number of hydrogen-bond acceptors (Lipinski definition) is 4. The molecule has 3 aromatic rings. The van der Waals surface area contributed by atoms with Gasteiger partial charge in [0.2, 0.25) is 0 Å². The number of fused-ring (bicyclic) bond motifs is 1. The van der Waals surface area contributed by atoms with Gasteiger partial charge < -0.3 is 10.7 Å². The van der Waals surface area contributed by atoms with Crippen LogP contribution in [0.3, 0.4) is 0 Å². The molecule has 118 valence electrons. The van der Waals surface area contributed by atoms with Crippen molar-refractivity contribution in [2.75, 3.05) is 5.73 Å². The van der Waals surface area contributed by atoms with Crippen LogP contribution in [0.4, 0.5) is 5.69 Å². The largest absolute Gasteiger partial charge is 0.399 e. The fraction of sp³-hybridized carbons (Fsp3) is 0. The average Bonchev–Trinajstić information content (AvgIpc) is 2.96. The van der Waals surface area contributed by atoms with E-state index in [0.717, 1.165) is 10.9 Å². The summed E-state index contributed by atoms with van der Waals surface area (Å²) >= 11 is 0. The predicted molar refractivity (Wildman–Crippen MR) is 86.9 cm³/mol. The Kier molecular flexibility index (Phi) is 3.77. The fourth-order valence-corrected chi connectivity index (χ4v) is 2.97. The van der Waals surface area contributed by atoms with Crippen LogP contribution in [0, 0.1) is 0 Å². The topological polar surface area (TPSA) is 117 Å². The molecule has 5 N–H and O–H groups in total. The Morgan fingerprint density at radius 3 is 2.52 bits per heavy atom. The number of H-pyrrole nitrogens is 1. The minimum Gasteiger partial charge on any atom is -0.399 e. The number of nitrogen functional groups attached to an aromatic ring is 1. The summed E-state index contributed by atoms with van der Waals surface area (Å²) in [6.07, 6.45) is 0. The minimum atomic E-state index is -3.82. The van der Waals surface area contributed by atoms with Crippen molar-refractivity contribution >= 4 is 32.5 Å². The van der Waals surface area contributed by atoms with Crippen LogP contribution in [0.1, 0.15) is 10.5 Å². The smallest absolute Gasteiger partial charge is 0.282 e. The van der Waals surface area contributed by atoms with E-state index < -0.39 is 15.9 Å². The van der Waals surface area contributed by atoms with Gasteiger partial charge in [-0.1, -0.05) is 18.2 Å². The van der Waals surface area contributed by atoms with Crippen molar-refractivity contribution in [1.29, 1.82) is 0 Å². The second-order valence-electron chi connectivity index (χ2n) is 4.90. The van der Waals surface area contributed by atoms with E-state index in [4.69, 9.17) is 5.73 Å². The molecule has 1 amide bonds. The monoisotopic (exact) mass is 330 g/mol. The van der Waals surface area contributed by atoms with E-state index >= 15 is 0 Å². The van der Waals surface area contributed by atoms with Gasteiger partial charge in [0.15, 0.2) is 0 Å². The predicted octanol–water partition coefficient (Wildman–Crippen LogP) is 1.37. The molecule has 7 nitrogen and oxygen atoms in total. The number of nitrogens with two attached hydrogens (primary N) is 1. The van der Waals surface area contributed by atoms with Crippen LogP contribution in [-0.2, 0) is 10.0 Å². The zero-order valence-corrected chi connectivity index (χ0v) is 12.7. The van der Waals surface area contributed by atoms with Gasteiger partial charge in [0.1, 0.15) is 5.69 Å². The van der Waals surface area contributed by atoms with E-state index in [-0.39, 0.29) is 10.6 Å². The van der Waals surface area contributed by atoms with E-state index in [0.29, 0.717) is 5.69 Å². The van der Waals surface area contributed by atoms with Crippen LogP contribution in [0.25, 0.3) is 10.9 Å².